The lowest BCUT2D eigenvalue weighted by Crippen LogP contribution is -2.50. The minimum Gasteiger partial charge on any atom is -0.490 e. The summed E-state index contributed by atoms with van der Waals surface area (Å²) in [6.45, 7) is 6.27. The second kappa shape index (κ2) is 18.5. The van der Waals surface area contributed by atoms with Crippen LogP contribution in [0.1, 0.15) is 88.1 Å². The number of alkyl halides is 3. The number of benzene rings is 2. The van der Waals surface area contributed by atoms with Gasteiger partial charge in [0, 0.05) is 50.1 Å². The summed E-state index contributed by atoms with van der Waals surface area (Å²) in [6, 6.07) is 7.40. The zero-order valence-corrected chi connectivity index (χ0v) is 29.9. The van der Waals surface area contributed by atoms with E-state index < -0.39 is 35.8 Å². The van der Waals surface area contributed by atoms with Crippen LogP contribution in [0.5, 0.6) is 5.75 Å². The van der Waals surface area contributed by atoms with Gasteiger partial charge in [-0.15, -0.1) is 0 Å². The average Bonchev–Trinajstić information content (AvgIpc) is 3.09. The van der Waals surface area contributed by atoms with Crippen LogP contribution in [0.15, 0.2) is 42.5 Å². The Morgan fingerprint density at radius 2 is 1.63 bits per heavy atom. The zero-order chi connectivity index (χ0) is 37.1. The number of hydrogen-bond donors (Lipinski definition) is 4. The summed E-state index contributed by atoms with van der Waals surface area (Å²) >= 11 is 0. The van der Waals surface area contributed by atoms with Crippen molar-refractivity contribution >= 4 is 29.3 Å². The molecule has 0 unspecified atom stereocenters. The van der Waals surface area contributed by atoms with E-state index in [4.69, 9.17) is 9.47 Å². The topological polar surface area (TPSA) is 132 Å². The highest BCUT2D eigenvalue weighted by atomic mass is 19.4. The molecule has 2 aromatic carbocycles. The summed E-state index contributed by atoms with van der Waals surface area (Å²) in [5.74, 6) is -0.362. The van der Waals surface area contributed by atoms with Gasteiger partial charge in [0.1, 0.15) is 5.75 Å². The van der Waals surface area contributed by atoms with E-state index in [0.717, 1.165) is 62.8 Å². The van der Waals surface area contributed by atoms with Crippen molar-refractivity contribution in [1.29, 1.82) is 0 Å². The normalized spacial score (nSPS) is 21.8. The number of aliphatic hydroxyl groups excluding tert-OH is 1. The fraction of sp³-hybridized carbons (Fsp3) is 0.595. The number of aliphatic hydroxyl groups is 1. The van der Waals surface area contributed by atoms with Gasteiger partial charge in [-0.2, -0.15) is 13.2 Å². The van der Waals surface area contributed by atoms with Gasteiger partial charge in [-0.3, -0.25) is 4.79 Å². The maximum atomic E-state index is 14.4. The van der Waals surface area contributed by atoms with Gasteiger partial charge >= 0.3 is 18.2 Å². The van der Waals surface area contributed by atoms with Gasteiger partial charge < -0.3 is 40.3 Å². The molecule has 4 rings (SSSR count). The van der Waals surface area contributed by atoms with E-state index in [-0.39, 0.29) is 54.2 Å². The monoisotopic (exact) mass is 719 g/mol. The van der Waals surface area contributed by atoms with Crippen molar-refractivity contribution < 1.29 is 42.1 Å². The molecule has 14 heteroatoms. The first-order valence-corrected chi connectivity index (χ1v) is 17.9. The van der Waals surface area contributed by atoms with Gasteiger partial charge in [0.25, 0.3) is 5.91 Å². The lowest BCUT2D eigenvalue weighted by molar-refractivity contribution is -0.137. The molecule has 1 heterocycles. The molecule has 5 amide bonds. The van der Waals surface area contributed by atoms with E-state index in [1.165, 1.54) is 12.5 Å². The van der Waals surface area contributed by atoms with Crippen LogP contribution in [0, 0.1) is 5.92 Å². The quantitative estimate of drug-likeness (QED) is 0.241. The molecule has 2 aromatic rings. The van der Waals surface area contributed by atoms with Crippen molar-refractivity contribution in [3.63, 3.8) is 0 Å². The summed E-state index contributed by atoms with van der Waals surface area (Å²) in [7, 11) is 1.75. The van der Waals surface area contributed by atoms with Crippen LogP contribution in [-0.4, -0.2) is 90.5 Å². The summed E-state index contributed by atoms with van der Waals surface area (Å²) < 4.78 is 51.5. The number of fused-ring (bicyclic) bond motifs is 1. The summed E-state index contributed by atoms with van der Waals surface area (Å²) in [6.07, 6.45) is 2.44. The third-order valence-corrected chi connectivity index (χ3v) is 9.51. The number of anilines is 2. The lowest BCUT2D eigenvalue weighted by Gasteiger charge is -2.36. The van der Waals surface area contributed by atoms with Crippen LogP contribution >= 0.6 is 0 Å². The van der Waals surface area contributed by atoms with Gasteiger partial charge in [0.05, 0.1) is 36.0 Å². The van der Waals surface area contributed by atoms with E-state index in [1.54, 1.807) is 35.9 Å². The Morgan fingerprint density at radius 1 is 0.980 bits per heavy atom. The number of urea groups is 2. The molecule has 1 aliphatic carbocycles. The van der Waals surface area contributed by atoms with Gasteiger partial charge in [0.2, 0.25) is 0 Å². The van der Waals surface area contributed by atoms with Gasteiger partial charge in [-0.25, -0.2) is 9.59 Å². The molecule has 0 spiro atoms. The summed E-state index contributed by atoms with van der Waals surface area (Å²) in [5.41, 5.74) is -0.271. The van der Waals surface area contributed by atoms with Crippen molar-refractivity contribution in [3.8, 4) is 5.75 Å². The molecule has 11 nitrogen and oxygen atoms in total. The highest BCUT2D eigenvalue weighted by Crippen LogP contribution is 2.31. The SMILES string of the molecule is C[C@@H]1CCCCO[C@@H](CN(C)C(=O)NC2CCCCC2)[C@@H](C)CN([C@H](C)CO)C(=O)c2cc(NC(=O)Nc3ccc(C(F)(F)F)cc3)ccc2O1. The van der Waals surface area contributed by atoms with Gasteiger partial charge in [0.15, 0.2) is 0 Å². The van der Waals surface area contributed by atoms with Crippen molar-refractivity contribution in [2.24, 2.45) is 5.92 Å². The first-order chi connectivity index (χ1) is 24.2. The molecule has 282 valence electrons. The number of hydrogen-bond acceptors (Lipinski definition) is 6. The number of halogens is 3. The van der Waals surface area contributed by atoms with Crippen molar-refractivity contribution in [1.82, 2.24) is 15.1 Å². The molecule has 1 fully saturated rings. The number of carbonyl (C=O) groups is 3. The maximum absolute atomic E-state index is 14.4. The molecule has 51 heavy (non-hydrogen) atoms. The fourth-order valence-electron chi connectivity index (χ4n) is 6.38. The van der Waals surface area contributed by atoms with E-state index in [9.17, 15) is 32.7 Å². The molecule has 1 aliphatic heterocycles. The molecule has 2 aliphatic rings. The molecule has 0 saturated heterocycles. The molecular weight excluding hydrogens is 667 g/mol. The first kappa shape index (κ1) is 39.7. The van der Waals surface area contributed by atoms with Crippen molar-refractivity contribution in [2.45, 2.75) is 103 Å². The van der Waals surface area contributed by atoms with Gasteiger partial charge in [-0.1, -0.05) is 26.2 Å². The predicted octanol–water partition coefficient (Wildman–Crippen LogP) is 7.12. The predicted molar refractivity (Wildman–Crippen MR) is 189 cm³/mol. The molecule has 0 radical (unpaired) electrons. The van der Waals surface area contributed by atoms with Crippen LogP contribution in [0.2, 0.25) is 0 Å². The molecule has 0 aromatic heterocycles. The average molecular weight is 720 g/mol. The molecule has 4 N–H and O–H groups in total. The number of ether oxygens (including phenoxy) is 2. The van der Waals surface area contributed by atoms with Crippen LogP contribution in [-0.2, 0) is 10.9 Å². The number of amides is 5. The lowest BCUT2D eigenvalue weighted by atomic mass is 9.96. The van der Waals surface area contributed by atoms with Crippen LogP contribution in [0.25, 0.3) is 0 Å². The van der Waals surface area contributed by atoms with Gasteiger partial charge in [-0.05, 0) is 88.4 Å². The fourth-order valence-corrected chi connectivity index (χ4v) is 6.38. The smallest absolute Gasteiger partial charge is 0.416 e. The Morgan fingerprint density at radius 3 is 2.29 bits per heavy atom. The second-order valence-electron chi connectivity index (χ2n) is 13.8. The highest BCUT2D eigenvalue weighted by Gasteiger charge is 2.32. The van der Waals surface area contributed by atoms with Crippen LogP contribution < -0.4 is 20.7 Å². The minimum atomic E-state index is -4.50. The maximum Gasteiger partial charge on any atom is 0.416 e. The molecule has 1 saturated carbocycles. The van der Waals surface area contributed by atoms with E-state index in [1.807, 2.05) is 13.8 Å². The second-order valence-corrected chi connectivity index (χ2v) is 13.8. The molecule has 0 bridgehead atoms. The van der Waals surface area contributed by atoms with Crippen molar-refractivity contribution in [3.05, 3.63) is 53.6 Å². The Balaban J connectivity index is 1.55. The first-order valence-electron chi connectivity index (χ1n) is 17.9. The van der Waals surface area contributed by atoms with Crippen LogP contribution in [0.3, 0.4) is 0 Å². The Labute approximate surface area is 298 Å². The Hall–Kier alpha value is -4.04. The third kappa shape index (κ3) is 11.7. The number of rotatable bonds is 7. The summed E-state index contributed by atoms with van der Waals surface area (Å²) in [4.78, 5) is 43.5. The largest absolute Gasteiger partial charge is 0.490 e. The van der Waals surface area contributed by atoms with Crippen LogP contribution in [0.4, 0.5) is 34.1 Å². The highest BCUT2D eigenvalue weighted by molar-refractivity contribution is 6.02. The zero-order valence-electron chi connectivity index (χ0n) is 29.9. The van der Waals surface area contributed by atoms with Crippen molar-refractivity contribution in [2.75, 3.05) is 44.0 Å². The Bertz CT molecular complexity index is 1450. The molecular formula is C37H52F3N5O6. The number of nitrogens with one attached hydrogen (secondary N) is 3. The third-order valence-electron chi connectivity index (χ3n) is 9.51. The minimum absolute atomic E-state index is 0.151. The Kier molecular flexibility index (Phi) is 14.4. The summed E-state index contributed by atoms with van der Waals surface area (Å²) in [5, 5.41) is 18.5. The number of nitrogens with zero attached hydrogens (tertiary/aromatic N) is 2. The number of carbonyl (C=O) groups excluding carboxylic acids is 3. The number of likely N-dealkylation sites (N-methyl/N-ethyl adjacent to an activating group) is 1. The van der Waals surface area contributed by atoms with E-state index in [0.29, 0.717) is 25.3 Å². The van der Waals surface area contributed by atoms with E-state index in [2.05, 4.69) is 16.0 Å². The standard InChI is InChI=1S/C37H52F3N5O6/c1-24-21-45(25(2)23-46)34(47)31-20-30(42-35(48)41-29-15-13-27(14-16-29)37(38,39)40)17-18-32(31)51-26(3)10-8-9-19-50-33(24)22-44(4)36(49)43-28-11-6-5-7-12-28/h13-18,20,24-26,28,33,46H,5-12,19,21-23H2,1-4H3,(H,43,49)(H2,41,42,48)/t24-,25+,26+,33-/m0/s1. The van der Waals surface area contributed by atoms with E-state index >= 15 is 0 Å². The molecule has 4 atom stereocenters.